The lowest BCUT2D eigenvalue weighted by Crippen LogP contribution is -2.44. The first-order valence-corrected chi connectivity index (χ1v) is 13.5. The SMILES string of the molecule is O=S(=O)(NCC(c1ccccn1)N1CCOCC1)c1cccc(Nc2nccc3ccc(Cl)cc23)c1. The molecule has 1 aliphatic rings. The van der Waals surface area contributed by atoms with E-state index in [4.69, 9.17) is 16.3 Å². The van der Waals surface area contributed by atoms with E-state index in [9.17, 15) is 8.42 Å². The highest BCUT2D eigenvalue weighted by Crippen LogP contribution is 2.28. The highest BCUT2D eigenvalue weighted by Gasteiger charge is 2.26. The fraction of sp³-hybridized carbons (Fsp3) is 0.231. The Balaban J connectivity index is 1.36. The van der Waals surface area contributed by atoms with Crippen LogP contribution in [0.3, 0.4) is 0 Å². The Bertz CT molecular complexity index is 1450. The molecular formula is C26H26ClN5O3S. The normalized spacial score (nSPS) is 15.6. The number of sulfonamides is 1. The number of ether oxygens (including phenoxy) is 1. The molecule has 186 valence electrons. The first-order valence-electron chi connectivity index (χ1n) is 11.6. The number of morpholine rings is 1. The molecule has 1 fully saturated rings. The highest BCUT2D eigenvalue weighted by atomic mass is 35.5. The van der Waals surface area contributed by atoms with E-state index >= 15 is 0 Å². The lowest BCUT2D eigenvalue weighted by atomic mass is 10.1. The molecule has 3 heterocycles. The molecule has 5 rings (SSSR count). The fourth-order valence-electron chi connectivity index (χ4n) is 4.27. The Morgan fingerprint density at radius 1 is 0.972 bits per heavy atom. The van der Waals surface area contributed by atoms with E-state index in [2.05, 4.69) is 24.9 Å². The Kier molecular flexibility index (Phi) is 7.45. The van der Waals surface area contributed by atoms with Crippen molar-refractivity contribution in [3.8, 4) is 0 Å². The van der Waals surface area contributed by atoms with Crippen LogP contribution in [0, 0.1) is 0 Å². The topological polar surface area (TPSA) is 96.5 Å². The summed E-state index contributed by atoms with van der Waals surface area (Å²) in [6, 6.07) is 19.6. The minimum Gasteiger partial charge on any atom is -0.379 e. The van der Waals surface area contributed by atoms with Crippen LogP contribution in [-0.2, 0) is 14.8 Å². The van der Waals surface area contributed by atoms with Crippen LogP contribution in [0.15, 0.2) is 84.0 Å². The van der Waals surface area contributed by atoms with Crippen LogP contribution < -0.4 is 10.0 Å². The predicted molar refractivity (Wildman–Crippen MR) is 141 cm³/mol. The zero-order chi connectivity index (χ0) is 25.0. The molecule has 0 saturated carbocycles. The average molecular weight is 524 g/mol. The van der Waals surface area contributed by atoms with Gasteiger partial charge in [0.15, 0.2) is 0 Å². The molecule has 2 aromatic heterocycles. The maximum atomic E-state index is 13.3. The lowest BCUT2D eigenvalue weighted by molar-refractivity contribution is 0.0163. The minimum atomic E-state index is -3.78. The van der Waals surface area contributed by atoms with Gasteiger partial charge in [0, 0.05) is 48.1 Å². The van der Waals surface area contributed by atoms with Gasteiger partial charge in [0.05, 0.1) is 29.8 Å². The van der Waals surface area contributed by atoms with Gasteiger partial charge in [-0.15, -0.1) is 0 Å². The molecule has 4 aromatic rings. The molecule has 0 radical (unpaired) electrons. The number of aromatic nitrogens is 2. The Morgan fingerprint density at radius 3 is 2.64 bits per heavy atom. The van der Waals surface area contributed by atoms with Gasteiger partial charge >= 0.3 is 0 Å². The predicted octanol–water partition coefficient (Wildman–Crippen LogP) is 4.38. The number of benzene rings is 2. The molecule has 8 nitrogen and oxygen atoms in total. The van der Waals surface area contributed by atoms with Gasteiger partial charge in [0.1, 0.15) is 5.82 Å². The van der Waals surface area contributed by atoms with E-state index in [1.807, 2.05) is 42.5 Å². The van der Waals surface area contributed by atoms with Crippen LogP contribution >= 0.6 is 11.6 Å². The molecule has 2 aromatic carbocycles. The summed E-state index contributed by atoms with van der Waals surface area (Å²) in [4.78, 5) is 11.3. The number of hydrogen-bond donors (Lipinski definition) is 2. The number of nitrogens with one attached hydrogen (secondary N) is 2. The highest BCUT2D eigenvalue weighted by molar-refractivity contribution is 7.89. The second-order valence-electron chi connectivity index (χ2n) is 8.45. The zero-order valence-electron chi connectivity index (χ0n) is 19.5. The van der Waals surface area contributed by atoms with Crippen molar-refractivity contribution in [3.05, 3.63) is 89.8 Å². The van der Waals surface area contributed by atoms with Crippen molar-refractivity contribution < 1.29 is 13.2 Å². The van der Waals surface area contributed by atoms with Gasteiger partial charge < -0.3 is 10.1 Å². The zero-order valence-corrected chi connectivity index (χ0v) is 21.0. The second kappa shape index (κ2) is 10.9. The van der Waals surface area contributed by atoms with E-state index in [0.717, 1.165) is 16.5 Å². The van der Waals surface area contributed by atoms with E-state index in [0.29, 0.717) is 42.8 Å². The van der Waals surface area contributed by atoms with Crippen molar-refractivity contribution >= 4 is 43.9 Å². The summed E-state index contributed by atoms with van der Waals surface area (Å²) in [5, 5.41) is 5.66. The van der Waals surface area contributed by atoms with E-state index < -0.39 is 10.0 Å². The molecule has 0 amide bonds. The summed E-state index contributed by atoms with van der Waals surface area (Å²) in [5.74, 6) is 0.597. The Hall–Kier alpha value is -3.08. The summed E-state index contributed by atoms with van der Waals surface area (Å²) in [6.45, 7) is 2.84. The summed E-state index contributed by atoms with van der Waals surface area (Å²) >= 11 is 6.18. The summed E-state index contributed by atoms with van der Waals surface area (Å²) < 4.78 is 34.8. The number of rotatable bonds is 8. The number of nitrogens with zero attached hydrogens (tertiary/aromatic N) is 3. The Labute approximate surface area is 215 Å². The van der Waals surface area contributed by atoms with Crippen molar-refractivity contribution in [1.82, 2.24) is 19.6 Å². The first kappa shape index (κ1) is 24.6. The van der Waals surface area contributed by atoms with Crippen molar-refractivity contribution in [2.45, 2.75) is 10.9 Å². The maximum absolute atomic E-state index is 13.3. The fourth-order valence-corrected chi connectivity index (χ4v) is 5.53. The molecule has 10 heteroatoms. The smallest absolute Gasteiger partial charge is 0.240 e. The molecule has 36 heavy (non-hydrogen) atoms. The number of halogens is 1. The van der Waals surface area contributed by atoms with Gasteiger partial charge in [-0.1, -0.05) is 29.8 Å². The van der Waals surface area contributed by atoms with Crippen LogP contribution in [0.2, 0.25) is 5.02 Å². The van der Waals surface area contributed by atoms with Crippen LogP contribution in [-0.4, -0.2) is 56.1 Å². The van der Waals surface area contributed by atoms with Gasteiger partial charge in [0.25, 0.3) is 0 Å². The van der Waals surface area contributed by atoms with Crippen molar-refractivity contribution in [2.75, 3.05) is 38.2 Å². The monoisotopic (exact) mass is 523 g/mol. The van der Waals surface area contributed by atoms with Gasteiger partial charge in [-0.3, -0.25) is 9.88 Å². The molecule has 1 atom stereocenters. The van der Waals surface area contributed by atoms with Crippen LogP contribution in [0.4, 0.5) is 11.5 Å². The maximum Gasteiger partial charge on any atom is 0.240 e. The van der Waals surface area contributed by atoms with Gasteiger partial charge in [-0.05, 0) is 53.9 Å². The summed E-state index contributed by atoms with van der Waals surface area (Å²) in [5.41, 5.74) is 1.42. The van der Waals surface area contributed by atoms with Crippen LogP contribution in [0.5, 0.6) is 0 Å². The Morgan fingerprint density at radius 2 is 1.83 bits per heavy atom. The number of fused-ring (bicyclic) bond motifs is 1. The molecule has 1 saturated heterocycles. The van der Waals surface area contributed by atoms with Crippen LogP contribution in [0.25, 0.3) is 10.8 Å². The first-order chi connectivity index (χ1) is 17.5. The van der Waals surface area contributed by atoms with Crippen molar-refractivity contribution in [2.24, 2.45) is 0 Å². The third-order valence-electron chi connectivity index (χ3n) is 6.12. The van der Waals surface area contributed by atoms with Gasteiger partial charge in [-0.25, -0.2) is 18.1 Å². The molecular weight excluding hydrogens is 498 g/mol. The standard InChI is InChI=1S/C26H26ClN5O3S/c27-20-8-7-19-9-11-29-26(23(19)16-20)31-21-4-3-5-22(17-21)36(33,34)30-18-25(24-6-1-2-10-28-24)32-12-14-35-15-13-32/h1-11,16-17,25,30H,12-15,18H2,(H,29,31). The summed E-state index contributed by atoms with van der Waals surface area (Å²) in [7, 11) is -3.78. The largest absolute Gasteiger partial charge is 0.379 e. The molecule has 0 bridgehead atoms. The molecule has 1 unspecified atom stereocenters. The quantitative estimate of drug-likeness (QED) is 0.354. The number of hydrogen-bond acceptors (Lipinski definition) is 7. The third kappa shape index (κ3) is 5.66. The molecule has 0 aliphatic carbocycles. The average Bonchev–Trinajstić information content (AvgIpc) is 2.90. The lowest BCUT2D eigenvalue weighted by Gasteiger charge is -2.34. The minimum absolute atomic E-state index is 0.160. The van der Waals surface area contributed by atoms with E-state index in [1.54, 1.807) is 36.7 Å². The van der Waals surface area contributed by atoms with Gasteiger partial charge in [0.2, 0.25) is 10.0 Å². The van der Waals surface area contributed by atoms with E-state index in [1.165, 1.54) is 0 Å². The molecule has 1 aliphatic heterocycles. The van der Waals surface area contributed by atoms with Crippen molar-refractivity contribution in [1.29, 1.82) is 0 Å². The molecule has 0 spiro atoms. The molecule has 2 N–H and O–H groups in total. The van der Waals surface area contributed by atoms with Crippen molar-refractivity contribution in [3.63, 3.8) is 0 Å². The third-order valence-corrected chi connectivity index (χ3v) is 7.77. The van der Waals surface area contributed by atoms with Gasteiger partial charge in [-0.2, -0.15) is 0 Å². The van der Waals surface area contributed by atoms with E-state index in [-0.39, 0.29) is 17.5 Å². The number of anilines is 2. The van der Waals surface area contributed by atoms with Crippen LogP contribution in [0.1, 0.15) is 11.7 Å². The number of pyridine rings is 2. The summed E-state index contributed by atoms with van der Waals surface area (Å²) in [6.07, 6.45) is 3.42. The second-order valence-corrected chi connectivity index (χ2v) is 10.7.